The maximum atomic E-state index is 6.35. The number of fused-ring (bicyclic) bond motifs is 1. The highest BCUT2D eigenvalue weighted by Crippen LogP contribution is 2.50. The molecule has 0 amide bonds. The normalized spacial score (nSPS) is 19.5. The Morgan fingerprint density at radius 1 is 1.08 bits per heavy atom. The Kier molecular flexibility index (Phi) is 4.98. The van der Waals surface area contributed by atoms with Crippen LogP contribution in [-0.2, 0) is 0 Å². The smallest absolute Gasteiger partial charge is 0.131 e. The fraction of sp³-hybridized carbons (Fsp3) is 0.429. The van der Waals surface area contributed by atoms with Gasteiger partial charge in [-0.15, -0.1) is 0 Å². The first-order chi connectivity index (χ1) is 11.6. The molecule has 3 rings (SSSR count). The molecule has 2 atom stereocenters. The summed E-state index contributed by atoms with van der Waals surface area (Å²) >= 11 is 0. The quantitative estimate of drug-likeness (QED) is 0.740. The van der Waals surface area contributed by atoms with Crippen LogP contribution >= 0.6 is 0 Å². The minimum Gasteiger partial charge on any atom is -0.496 e. The molecule has 3 nitrogen and oxygen atoms in total. The highest BCUT2D eigenvalue weighted by Gasteiger charge is 2.33. The van der Waals surface area contributed by atoms with E-state index in [9.17, 15) is 0 Å². The molecule has 0 bridgehead atoms. The Morgan fingerprint density at radius 2 is 1.83 bits per heavy atom. The second kappa shape index (κ2) is 7.16. The molecule has 1 aliphatic rings. The summed E-state index contributed by atoms with van der Waals surface area (Å²) < 4.78 is 17.4. The van der Waals surface area contributed by atoms with Gasteiger partial charge in [-0.25, -0.2) is 0 Å². The van der Waals surface area contributed by atoms with Crippen LogP contribution in [0, 0.1) is 5.92 Å². The second-order valence-electron chi connectivity index (χ2n) is 6.82. The molecule has 0 saturated carbocycles. The van der Waals surface area contributed by atoms with Crippen molar-refractivity contribution in [2.45, 2.75) is 38.7 Å². The maximum Gasteiger partial charge on any atom is 0.131 e. The van der Waals surface area contributed by atoms with Gasteiger partial charge in [-0.05, 0) is 30.2 Å². The largest absolute Gasteiger partial charge is 0.496 e. The first-order valence-corrected chi connectivity index (χ1v) is 8.59. The van der Waals surface area contributed by atoms with E-state index in [1.165, 1.54) is 11.1 Å². The molecular formula is C21H26O3. The summed E-state index contributed by atoms with van der Waals surface area (Å²) in [4.78, 5) is 0. The van der Waals surface area contributed by atoms with E-state index < -0.39 is 0 Å². The zero-order chi connectivity index (χ0) is 17.1. The molecular weight excluding hydrogens is 300 g/mol. The topological polar surface area (TPSA) is 27.7 Å². The predicted octanol–water partition coefficient (Wildman–Crippen LogP) is 5.36. The standard InChI is InChI=1S/C21H26O3/c1-14(2)10-16-11-18(15-8-6-5-7-9-15)24-20-13-17(22-3)12-19(23-4)21(16)20/h5-9,12-14,16,18H,10-11H2,1-4H3/t16-,18+/m1/s1. The fourth-order valence-corrected chi connectivity index (χ4v) is 3.60. The van der Waals surface area contributed by atoms with E-state index in [0.717, 1.165) is 30.1 Å². The van der Waals surface area contributed by atoms with Gasteiger partial charge in [-0.2, -0.15) is 0 Å². The van der Waals surface area contributed by atoms with Crippen LogP contribution in [-0.4, -0.2) is 14.2 Å². The number of methoxy groups -OCH3 is 2. The number of hydrogen-bond donors (Lipinski definition) is 0. The van der Waals surface area contributed by atoms with Gasteiger partial charge in [0.05, 0.1) is 14.2 Å². The third kappa shape index (κ3) is 3.35. The van der Waals surface area contributed by atoms with Crippen LogP contribution in [0.3, 0.4) is 0 Å². The highest BCUT2D eigenvalue weighted by atomic mass is 16.5. The average Bonchev–Trinajstić information content (AvgIpc) is 2.60. The van der Waals surface area contributed by atoms with Gasteiger partial charge in [0, 0.05) is 17.7 Å². The van der Waals surface area contributed by atoms with Crippen molar-refractivity contribution in [3.8, 4) is 17.2 Å². The molecule has 0 N–H and O–H groups in total. The van der Waals surface area contributed by atoms with Gasteiger partial charge in [-0.1, -0.05) is 44.2 Å². The Balaban J connectivity index is 2.04. The van der Waals surface area contributed by atoms with Crippen molar-refractivity contribution in [1.82, 2.24) is 0 Å². The van der Waals surface area contributed by atoms with E-state index in [1.54, 1.807) is 14.2 Å². The van der Waals surface area contributed by atoms with Crippen LogP contribution in [0.25, 0.3) is 0 Å². The fourth-order valence-electron chi connectivity index (χ4n) is 3.60. The van der Waals surface area contributed by atoms with Gasteiger partial charge in [0.15, 0.2) is 0 Å². The SMILES string of the molecule is COc1cc(OC)c2c(c1)O[C@H](c1ccccc1)C[C@H]2CC(C)C. The van der Waals surface area contributed by atoms with Gasteiger partial charge < -0.3 is 14.2 Å². The molecule has 2 aromatic rings. The van der Waals surface area contributed by atoms with E-state index >= 15 is 0 Å². The molecule has 0 unspecified atom stereocenters. The van der Waals surface area contributed by atoms with Crippen molar-refractivity contribution in [3.63, 3.8) is 0 Å². The molecule has 0 radical (unpaired) electrons. The summed E-state index contributed by atoms with van der Waals surface area (Å²) in [5, 5.41) is 0. The Hall–Kier alpha value is -2.16. The lowest BCUT2D eigenvalue weighted by Gasteiger charge is -2.34. The third-order valence-electron chi connectivity index (χ3n) is 4.64. The van der Waals surface area contributed by atoms with Gasteiger partial charge >= 0.3 is 0 Å². The molecule has 1 aliphatic heterocycles. The predicted molar refractivity (Wildman–Crippen MR) is 96.2 cm³/mol. The summed E-state index contributed by atoms with van der Waals surface area (Å²) in [5.41, 5.74) is 2.40. The third-order valence-corrected chi connectivity index (χ3v) is 4.64. The van der Waals surface area contributed by atoms with Crippen LogP contribution < -0.4 is 14.2 Å². The van der Waals surface area contributed by atoms with Crippen LogP contribution in [0.1, 0.15) is 49.8 Å². The summed E-state index contributed by atoms with van der Waals surface area (Å²) in [6.45, 7) is 4.53. The minimum atomic E-state index is 0.0688. The van der Waals surface area contributed by atoms with Crippen molar-refractivity contribution in [3.05, 3.63) is 53.6 Å². The van der Waals surface area contributed by atoms with Gasteiger partial charge in [0.2, 0.25) is 0 Å². The summed E-state index contributed by atoms with van der Waals surface area (Å²) in [7, 11) is 3.38. The average molecular weight is 326 g/mol. The van der Waals surface area contributed by atoms with E-state index in [-0.39, 0.29) is 6.10 Å². The summed E-state index contributed by atoms with van der Waals surface area (Å²) in [6, 6.07) is 14.4. The first kappa shape index (κ1) is 16.7. The highest BCUT2D eigenvalue weighted by molar-refractivity contribution is 5.54. The first-order valence-electron chi connectivity index (χ1n) is 8.59. The van der Waals surface area contributed by atoms with Crippen LogP contribution in [0.4, 0.5) is 0 Å². The molecule has 1 heterocycles. The number of benzene rings is 2. The van der Waals surface area contributed by atoms with Crippen molar-refractivity contribution in [2.75, 3.05) is 14.2 Å². The molecule has 0 aromatic heterocycles. The minimum absolute atomic E-state index is 0.0688. The molecule has 128 valence electrons. The lowest BCUT2D eigenvalue weighted by molar-refractivity contribution is 0.151. The zero-order valence-corrected chi connectivity index (χ0v) is 14.9. The van der Waals surface area contributed by atoms with E-state index in [0.29, 0.717) is 11.8 Å². The van der Waals surface area contributed by atoms with Gasteiger partial charge in [0.1, 0.15) is 23.4 Å². The van der Waals surface area contributed by atoms with Crippen LogP contribution in [0.5, 0.6) is 17.2 Å². The monoisotopic (exact) mass is 326 g/mol. The number of ether oxygens (including phenoxy) is 3. The lowest BCUT2D eigenvalue weighted by atomic mass is 9.81. The van der Waals surface area contributed by atoms with Crippen molar-refractivity contribution < 1.29 is 14.2 Å². The van der Waals surface area contributed by atoms with Gasteiger partial charge in [-0.3, -0.25) is 0 Å². The molecule has 2 aromatic carbocycles. The Morgan fingerprint density at radius 3 is 2.46 bits per heavy atom. The van der Waals surface area contributed by atoms with Crippen LogP contribution in [0.15, 0.2) is 42.5 Å². The van der Waals surface area contributed by atoms with E-state index in [1.807, 2.05) is 18.2 Å². The Labute approximate surface area is 144 Å². The summed E-state index contributed by atoms with van der Waals surface area (Å²) in [6.07, 6.45) is 2.15. The number of hydrogen-bond acceptors (Lipinski definition) is 3. The second-order valence-corrected chi connectivity index (χ2v) is 6.82. The number of rotatable bonds is 5. The van der Waals surface area contributed by atoms with Crippen LogP contribution in [0.2, 0.25) is 0 Å². The molecule has 24 heavy (non-hydrogen) atoms. The van der Waals surface area contributed by atoms with E-state index in [4.69, 9.17) is 14.2 Å². The molecule has 0 spiro atoms. The molecule has 0 fully saturated rings. The molecule has 3 heteroatoms. The lowest BCUT2D eigenvalue weighted by Crippen LogP contribution is -2.21. The van der Waals surface area contributed by atoms with Crippen molar-refractivity contribution in [2.24, 2.45) is 5.92 Å². The summed E-state index contributed by atoms with van der Waals surface area (Å²) in [5.74, 6) is 3.55. The zero-order valence-electron chi connectivity index (χ0n) is 14.9. The molecule has 0 aliphatic carbocycles. The van der Waals surface area contributed by atoms with Crippen molar-refractivity contribution >= 4 is 0 Å². The van der Waals surface area contributed by atoms with Gasteiger partial charge in [0.25, 0.3) is 0 Å². The van der Waals surface area contributed by atoms with Crippen molar-refractivity contribution in [1.29, 1.82) is 0 Å². The molecule has 0 saturated heterocycles. The Bertz CT molecular complexity index is 679. The maximum absolute atomic E-state index is 6.35. The van der Waals surface area contributed by atoms with E-state index in [2.05, 4.69) is 38.1 Å².